The number of methoxy groups -OCH3 is 1. The molecular formula is C23H26N6O4. The molecule has 0 spiro atoms. The van der Waals surface area contributed by atoms with Crippen molar-refractivity contribution in [1.29, 1.82) is 0 Å². The molecule has 0 unspecified atom stereocenters. The summed E-state index contributed by atoms with van der Waals surface area (Å²) in [5.41, 5.74) is 2.14. The third kappa shape index (κ3) is 4.21. The van der Waals surface area contributed by atoms with Crippen molar-refractivity contribution in [3.05, 3.63) is 36.7 Å². The highest BCUT2D eigenvalue weighted by Crippen LogP contribution is 2.33. The quantitative estimate of drug-likeness (QED) is 0.415. The third-order valence-electron chi connectivity index (χ3n) is 5.78. The van der Waals surface area contributed by atoms with E-state index in [1.807, 2.05) is 18.2 Å². The molecule has 5 rings (SSSR count). The number of pyridine rings is 1. The highest BCUT2D eigenvalue weighted by molar-refractivity contribution is 5.91. The van der Waals surface area contributed by atoms with E-state index in [2.05, 4.69) is 32.2 Å². The van der Waals surface area contributed by atoms with Gasteiger partial charge in [-0.05, 0) is 31.5 Å². The summed E-state index contributed by atoms with van der Waals surface area (Å²) in [6.45, 7) is 4.61. The van der Waals surface area contributed by atoms with Crippen LogP contribution in [0.2, 0.25) is 0 Å². The van der Waals surface area contributed by atoms with Crippen molar-refractivity contribution in [3.63, 3.8) is 0 Å². The Kier molecular flexibility index (Phi) is 5.82. The molecule has 1 atom stereocenters. The van der Waals surface area contributed by atoms with Gasteiger partial charge >= 0.3 is 0 Å². The largest absolute Gasteiger partial charge is 0.474 e. The van der Waals surface area contributed by atoms with Gasteiger partial charge in [-0.2, -0.15) is 0 Å². The van der Waals surface area contributed by atoms with Gasteiger partial charge in [0.05, 0.1) is 24.2 Å². The monoisotopic (exact) mass is 450 g/mol. The predicted octanol–water partition coefficient (Wildman–Crippen LogP) is 2.67. The molecule has 10 nitrogen and oxygen atoms in total. The Balaban J connectivity index is 1.45. The van der Waals surface area contributed by atoms with Crippen molar-refractivity contribution in [2.75, 3.05) is 38.3 Å². The SMILES string of the molecule is CCN(CCOC)c1nccc2oc(-c3cnc4ccc(OC[C@@H]5CCC(=O)N5)nn34)cc12. The number of hydrogen-bond donors (Lipinski definition) is 1. The molecule has 1 aliphatic heterocycles. The van der Waals surface area contributed by atoms with E-state index < -0.39 is 0 Å². The van der Waals surface area contributed by atoms with Gasteiger partial charge in [0.2, 0.25) is 11.8 Å². The first kappa shape index (κ1) is 21.2. The highest BCUT2D eigenvalue weighted by atomic mass is 16.5. The lowest BCUT2D eigenvalue weighted by molar-refractivity contribution is -0.119. The van der Waals surface area contributed by atoms with Crippen molar-refractivity contribution < 1.29 is 18.7 Å². The van der Waals surface area contributed by atoms with Gasteiger partial charge in [0.25, 0.3) is 0 Å². The van der Waals surface area contributed by atoms with Crippen LogP contribution in [0.4, 0.5) is 5.82 Å². The molecule has 0 aliphatic carbocycles. The summed E-state index contributed by atoms with van der Waals surface area (Å²) in [7, 11) is 1.69. The molecule has 0 bridgehead atoms. The number of likely N-dealkylation sites (N-methyl/N-ethyl adjacent to an activating group) is 1. The minimum Gasteiger partial charge on any atom is -0.474 e. The minimum absolute atomic E-state index is 0.0122. The molecule has 10 heteroatoms. The van der Waals surface area contributed by atoms with Crippen LogP contribution >= 0.6 is 0 Å². The van der Waals surface area contributed by atoms with Crippen LogP contribution in [-0.4, -0.2) is 64.9 Å². The van der Waals surface area contributed by atoms with Gasteiger partial charge in [-0.15, -0.1) is 5.10 Å². The van der Waals surface area contributed by atoms with Crippen molar-refractivity contribution in [1.82, 2.24) is 24.9 Å². The van der Waals surface area contributed by atoms with Gasteiger partial charge in [0, 0.05) is 38.9 Å². The second kappa shape index (κ2) is 9.07. The molecule has 4 aromatic heterocycles. The number of hydrogen-bond acceptors (Lipinski definition) is 8. The lowest BCUT2D eigenvalue weighted by Gasteiger charge is -2.21. The number of imidazole rings is 1. The number of amides is 1. The van der Waals surface area contributed by atoms with E-state index in [0.29, 0.717) is 42.6 Å². The summed E-state index contributed by atoms with van der Waals surface area (Å²) in [4.78, 5) is 22.6. The van der Waals surface area contributed by atoms with E-state index in [1.165, 1.54) is 0 Å². The zero-order valence-electron chi connectivity index (χ0n) is 18.7. The molecule has 4 aromatic rings. The number of fused-ring (bicyclic) bond motifs is 2. The normalized spacial score (nSPS) is 15.9. The number of rotatable bonds is 9. The van der Waals surface area contributed by atoms with Crippen LogP contribution in [-0.2, 0) is 9.53 Å². The zero-order valence-corrected chi connectivity index (χ0v) is 18.7. The number of furan rings is 1. The smallest absolute Gasteiger partial charge is 0.231 e. The van der Waals surface area contributed by atoms with Crippen molar-refractivity contribution in [3.8, 4) is 17.3 Å². The topological polar surface area (TPSA) is 107 Å². The van der Waals surface area contributed by atoms with Crippen LogP contribution in [0, 0.1) is 0 Å². The van der Waals surface area contributed by atoms with Gasteiger partial charge in [0.15, 0.2) is 11.4 Å². The number of carbonyl (C=O) groups excluding carboxylic acids is 1. The van der Waals surface area contributed by atoms with Crippen LogP contribution in [0.5, 0.6) is 5.88 Å². The Labute approximate surface area is 190 Å². The maximum absolute atomic E-state index is 11.4. The van der Waals surface area contributed by atoms with Crippen molar-refractivity contribution >= 4 is 28.3 Å². The van der Waals surface area contributed by atoms with E-state index in [4.69, 9.17) is 13.9 Å². The summed E-state index contributed by atoms with van der Waals surface area (Å²) in [5.74, 6) is 2.01. The van der Waals surface area contributed by atoms with Gasteiger partial charge in [-0.1, -0.05) is 0 Å². The van der Waals surface area contributed by atoms with Gasteiger partial charge < -0.3 is 24.1 Å². The van der Waals surface area contributed by atoms with E-state index in [0.717, 1.165) is 36.3 Å². The lowest BCUT2D eigenvalue weighted by Crippen LogP contribution is -2.31. The number of carbonyl (C=O) groups is 1. The second-order valence-corrected chi connectivity index (χ2v) is 7.93. The molecule has 0 aromatic carbocycles. The number of ether oxygens (including phenoxy) is 2. The summed E-state index contributed by atoms with van der Waals surface area (Å²) >= 11 is 0. The first-order valence-electron chi connectivity index (χ1n) is 11.1. The predicted molar refractivity (Wildman–Crippen MR) is 122 cm³/mol. The second-order valence-electron chi connectivity index (χ2n) is 7.93. The molecular weight excluding hydrogens is 424 g/mol. The fourth-order valence-electron chi connectivity index (χ4n) is 4.03. The Morgan fingerprint density at radius 3 is 3.00 bits per heavy atom. The van der Waals surface area contributed by atoms with Crippen LogP contribution in [0.15, 0.2) is 41.1 Å². The maximum Gasteiger partial charge on any atom is 0.231 e. The van der Waals surface area contributed by atoms with Crippen LogP contribution in [0.25, 0.3) is 28.1 Å². The summed E-state index contributed by atoms with van der Waals surface area (Å²) < 4.78 is 18.9. The third-order valence-corrected chi connectivity index (χ3v) is 5.78. The molecule has 1 aliphatic rings. The van der Waals surface area contributed by atoms with E-state index in [1.54, 1.807) is 30.1 Å². The molecule has 0 radical (unpaired) electrons. The standard InChI is InChI=1S/C23H26N6O4/c1-3-28(10-11-31-2)23-16-12-19(33-18(16)8-9-24-23)17-13-25-20-5-7-22(27-29(17)20)32-14-15-4-6-21(30)26-15/h5,7-9,12-13,15H,3-4,6,10-11,14H2,1-2H3,(H,26,30)/t15-/m0/s1. The minimum atomic E-state index is 0.0122. The number of anilines is 1. The molecule has 1 saturated heterocycles. The Hall–Kier alpha value is -3.66. The van der Waals surface area contributed by atoms with Crippen molar-refractivity contribution in [2.45, 2.75) is 25.8 Å². The Bertz CT molecular complexity index is 1280. The van der Waals surface area contributed by atoms with E-state index in [-0.39, 0.29) is 11.9 Å². The molecule has 33 heavy (non-hydrogen) atoms. The lowest BCUT2D eigenvalue weighted by atomic mass is 10.2. The van der Waals surface area contributed by atoms with Gasteiger partial charge in [-0.3, -0.25) is 4.79 Å². The summed E-state index contributed by atoms with van der Waals surface area (Å²) in [6, 6.07) is 7.46. The number of aromatic nitrogens is 4. The molecule has 1 amide bonds. The number of nitrogens with zero attached hydrogens (tertiary/aromatic N) is 5. The molecule has 0 saturated carbocycles. The van der Waals surface area contributed by atoms with Crippen LogP contribution in [0.1, 0.15) is 19.8 Å². The first-order chi connectivity index (χ1) is 16.2. The van der Waals surface area contributed by atoms with E-state index in [9.17, 15) is 4.79 Å². The fourth-order valence-corrected chi connectivity index (χ4v) is 4.03. The average molecular weight is 450 g/mol. The van der Waals surface area contributed by atoms with Gasteiger partial charge in [0.1, 0.15) is 23.7 Å². The summed E-state index contributed by atoms with van der Waals surface area (Å²) in [6.07, 6.45) is 4.79. The van der Waals surface area contributed by atoms with Gasteiger partial charge in [-0.25, -0.2) is 14.5 Å². The first-order valence-corrected chi connectivity index (χ1v) is 11.1. The number of nitrogens with one attached hydrogen (secondary N) is 1. The van der Waals surface area contributed by atoms with E-state index >= 15 is 0 Å². The average Bonchev–Trinajstić information content (AvgIpc) is 3.55. The van der Waals surface area contributed by atoms with Crippen LogP contribution in [0.3, 0.4) is 0 Å². The fraction of sp³-hybridized carbons (Fsp3) is 0.391. The Morgan fingerprint density at radius 2 is 2.21 bits per heavy atom. The zero-order chi connectivity index (χ0) is 22.8. The summed E-state index contributed by atoms with van der Waals surface area (Å²) in [5, 5.41) is 8.41. The molecule has 5 heterocycles. The van der Waals surface area contributed by atoms with Crippen molar-refractivity contribution in [2.24, 2.45) is 0 Å². The Morgan fingerprint density at radius 1 is 1.30 bits per heavy atom. The molecule has 172 valence electrons. The maximum atomic E-state index is 11.4. The highest BCUT2D eigenvalue weighted by Gasteiger charge is 2.22. The molecule has 1 N–H and O–H groups in total. The molecule has 1 fully saturated rings. The van der Waals surface area contributed by atoms with Crippen LogP contribution < -0.4 is 15.0 Å².